The van der Waals surface area contributed by atoms with Crippen molar-refractivity contribution in [2.24, 2.45) is 11.1 Å². The molecule has 0 bridgehead atoms. The number of ether oxygens (including phenoxy) is 1. The average molecular weight is 261 g/mol. The minimum atomic E-state index is -0.412. The van der Waals surface area contributed by atoms with E-state index < -0.39 is 5.41 Å². The molecular weight excluding hydrogens is 238 g/mol. The molecule has 104 valence electrons. The second-order valence-electron chi connectivity index (χ2n) is 5.37. The van der Waals surface area contributed by atoms with Crippen LogP contribution in [-0.4, -0.2) is 25.5 Å². The molecule has 1 aliphatic rings. The molecule has 1 aromatic rings. The summed E-state index contributed by atoms with van der Waals surface area (Å²) in [5.74, 6) is 0.182. The van der Waals surface area contributed by atoms with Gasteiger partial charge in [-0.25, -0.2) is 0 Å². The molecule has 1 fully saturated rings. The fraction of sp³-hybridized carbons (Fsp3) is 0.562. The molecule has 0 spiro atoms. The third-order valence-electron chi connectivity index (χ3n) is 4.08. The highest BCUT2D eigenvalue weighted by atomic mass is 16.5. The molecule has 19 heavy (non-hydrogen) atoms. The second-order valence-corrected chi connectivity index (χ2v) is 5.37. The van der Waals surface area contributed by atoms with Crippen LogP contribution in [0.25, 0.3) is 0 Å². The number of carbonyl (C=O) groups excluding carboxylic acids is 1. The lowest BCUT2D eigenvalue weighted by Crippen LogP contribution is -2.43. The number of hydrogen-bond acceptors (Lipinski definition) is 3. The van der Waals surface area contributed by atoms with Crippen LogP contribution in [0, 0.1) is 5.41 Å². The maximum absolute atomic E-state index is 12.7. The third kappa shape index (κ3) is 3.04. The van der Waals surface area contributed by atoms with Crippen molar-refractivity contribution < 1.29 is 9.53 Å². The van der Waals surface area contributed by atoms with E-state index in [-0.39, 0.29) is 5.78 Å². The molecule has 1 aromatic carbocycles. The van der Waals surface area contributed by atoms with Crippen LogP contribution in [0.15, 0.2) is 24.3 Å². The number of hydrogen-bond donors (Lipinski definition) is 1. The van der Waals surface area contributed by atoms with E-state index in [1.807, 2.05) is 12.1 Å². The lowest BCUT2D eigenvalue weighted by molar-refractivity contribution is 0.0200. The van der Waals surface area contributed by atoms with Gasteiger partial charge in [-0.15, -0.1) is 0 Å². The summed E-state index contributed by atoms with van der Waals surface area (Å²) < 4.78 is 5.36. The fourth-order valence-corrected chi connectivity index (χ4v) is 2.70. The molecule has 0 aromatic heterocycles. The number of aryl methyl sites for hydroxylation is 1. The summed E-state index contributed by atoms with van der Waals surface area (Å²) in [7, 11) is 0. The smallest absolute Gasteiger partial charge is 0.170 e. The SMILES string of the molecule is CCCc1ccc(C(=O)C2(CN)CCOCC2)cc1. The van der Waals surface area contributed by atoms with E-state index in [1.54, 1.807) is 0 Å². The second kappa shape index (κ2) is 6.31. The maximum atomic E-state index is 12.7. The summed E-state index contributed by atoms with van der Waals surface area (Å²) >= 11 is 0. The number of benzene rings is 1. The van der Waals surface area contributed by atoms with E-state index in [2.05, 4.69) is 19.1 Å². The van der Waals surface area contributed by atoms with Crippen LogP contribution in [0.1, 0.15) is 42.1 Å². The van der Waals surface area contributed by atoms with Gasteiger partial charge in [0.25, 0.3) is 0 Å². The molecule has 0 unspecified atom stereocenters. The summed E-state index contributed by atoms with van der Waals surface area (Å²) in [5, 5.41) is 0. The zero-order valence-electron chi connectivity index (χ0n) is 11.7. The van der Waals surface area contributed by atoms with Gasteiger partial charge in [-0.05, 0) is 24.8 Å². The summed E-state index contributed by atoms with van der Waals surface area (Å²) in [6.07, 6.45) is 3.65. The van der Waals surface area contributed by atoms with Crippen molar-refractivity contribution in [3.8, 4) is 0 Å². The zero-order chi connectivity index (χ0) is 13.7. The van der Waals surface area contributed by atoms with E-state index in [9.17, 15) is 4.79 Å². The molecule has 0 saturated carbocycles. The maximum Gasteiger partial charge on any atom is 0.170 e. The molecule has 0 radical (unpaired) electrons. The largest absolute Gasteiger partial charge is 0.381 e. The molecule has 1 aliphatic heterocycles. The molecule has 3 nitrogen and oxygen atoms in total. The fourth-order valence-electron chi connectivity index (χ4n) is 2.70. The minimum Gasteiger partial charge on any atom is -0.381 e. The van der Waals surface area contributed by atoms with Gasteiger partial charge in [0, 0.05) is 25.3 Å². The van der Waals surface area contributed by atoms with Crippen molar-refractivity contribution in [2.75, 3.05) is 19.8 Å². The molecule has 0 aliphatic carbocycles. The Balaban J connectivity index is 2.17. The van der Waals surface area contributed by atoms with Crippen LogP contribution in [0.2, 0.25) is 0 Å². The topological polar surface area (TPSA) is 52.3 Å². The van der Waals surface area contributed by atoms with Crippen molar-refractivity contribution in [1.82, 2.24) is 0 Å². The summed E-state index contributed by atoms with van der Waals surface area (Å²) in [6, 6.07) is 8.00. The Morgan fingerprint density at radius 1 is 1.26 bits per heavy atom. The van der Waals surface area contributed by atoms with Gasteiger partial charge in [0.1, 0.15) is 0 Å². The molecule has 0 amide bonds. The van der Waals surface area contributed by atoms with E-state index in [0.29, 0.717) is 19.8 Å². The summed E-state index contributed by atoms with van der Waals surface area (Å²) in [5.41, 5.74) is 7.53. The molecule has 0 atom stereocenters. The number of rotatable bonds is 5. The first-order valence-electron chi connectivity index (χ1n) is 7.13. The van der Waals surface area contributed by atoms with Crippen molar-refractivity contribution >= 4 is 5.78 Å². The van der Waals surface area contributed by atoms with E-state index >= 15 is 0 Å². The van der Waals surface area contributed by atoms with Crippen molar-refractivity contribution in [3.05, 3.63) is 35.4 Å². The molecule has 2 N–H and O–H groups in total. The standard InChI is InChI=1S/C16H23NO2/c1-2-3-13-4-6-14(7-5-13)15(18)16(12-17)8-10-19-11-9-16/h4-7H,2-3,8-12,17H2,1H3. The first-order chi connectivity index (χ1) is 9.22. The highest BCUT2D eigenvalue weighted by Crippen LogP contribution is 2.33. The first-order valence-corrected chi connectivity index (χ1v) is 7.13. The highest BCUT2D eigenvalue weighted by Gasteiger charge is 2.38. The lowest BCUT2D eigenvalue weighted by Gasteiger charge is -2.34. The Labute approximate surface area is 115 Å². The van der Waals surface area contributed by atoms with Crippen LogP contribution in [0.4, 0.5) is 0 Å². The predicted molar refractivity (Wildman–Crippen MR) is 76.3 cm³/mol. The van der Waals surface area contributed by atoms with Crippen LogP contribution < -0.4 is 5.73 Å². The van der Waals surface area contributed by atoms with Crippen LogP contribution >= 0.6 is 0 Å². The van der Waals surface area contributed by atoms with Gasteiger partial charge >= 0.3 is 0 Å². The quantitative estimate of drug-likeness (QED) is 0.829. The molecular formula is C16H23NO2. The zero-order valence-corrected chi connectivity index (χ0v) is 11.7. The lowest BCUT2D eigenvalue weighted by atomic mass is 9.74. The van der Waals surface area contributed by atoms with Crippen LogP contribution in [-0.2, 0) is 11.2 Å². The van der Waals surface area contributed by atoms with Gasteiger partial charge in [0.05, 0.1) is 5.41 Å². The minimum absolute atomic E-state index is 0.182. The monoisotopic (exact) mass is 261 g/mol. The Morgan fingerprint density at radius 2 is 1.89 bits per heavy atom. The third-order valence-corrected chi connectivity index (χ3v) is 4.08. The predicted octanol–water partition coefficient (Wildman–Crippen LogP) is 2.58. The summed E-state index contributed by atoms with van der Waals surface area (Å²) in [4.78, 5) is 12.7. The number of nitrogens with two attached hydrogens (primary N) is 1. The van der Waals surface area contributed by atoms with E-state index in [4.69, 9.17) is 10.5 Å². The normalized spacial score (nSPS) is 18.2. The number of carbonyl (C=O) groups is 1. The Bertz CT molecular complexity index is 419. The van der Waals surface area contributed by atoms with Gasteiger partial charge in [0.15, 0.2) is 5.78 Å². The molecule has 3 heteroatoms. The molecule has 2 rings (SSSR count). The summed E-state index contributed by atoms with van der Waals surface area (Å²) in [6.45, 7) is 3.84. The van der Waals surface area contributed by atoms with E-state index in [1.165, 1.54) is 5.56 Å². The molecule has 1 heterocycles. The average Bonchev–Trinajstić information content (AvgIpc) is 2.48. The number of ketones is 1. The van der Waals surface area contributed by atoms with Gasteiger partial charge < -0.3 is 10.5 Å². The van der Waals surface area contributed by atoms with Crippen molar-refractivity contribution in [3.63, 3.8) is 0 Å². The highest BCUT2D eigenvalue weighted by molar-refractivity contribution is 6.00. The molecule has 1 saturated heterocycles. The Morgan fingerprint density at radius 3 is 2.42 bits per heavy atom. The van der Waals surface area contributed by atoms with Crippen molar-refractivity contribution in [2.45, 2.75) is 32.6 Å². The van der Waals surface area contributed by atoms with Gasteiger partial charge in [0.2, 0.25) is 0 Å². The van der Waals surface area contributed by atoms with E-state index in [0.717, 1.165) is 31.2 Å². The van der Waals surface area contributed by atoms with Gasteiger partial charge in [-0.2, -0.15) is 0 Å². The van der Waals surface area contributed by atoms with Crippen LogP contribution in [0.3, 0.4) is 0 Å². The Hall–Kier alpha value is -1.19. The van der Waals surface area contributed by atoms with Crippen molar-refractivity contribution in [1.29, 1.82) is 0 Å². The van der Waals surface area contributed by atoms with Gasteiger partial charge in [-0.1, -0.05) is 37.6 Å². The van der Waals surface area contributed by atoms with Crippen LogP contribution in [0.5, 0.6) is 0 Å². The Kier molecular flexibility index (Phi) is 4.72. The first kappa shape index (κ1) is 14.2. The van der Waals surface area contributed by atoms with Gasteiger partial charge in [-0.3, -0.25) is 4.79 Å². The number of Topliss-reactive ketones (excluding diaryl/α,β-unsaturated/α-hetero) is 1.